The number of amides is 1. The summed E-state index contributed by atoms with van der Waals surface area (Å²) in [7, 11) is 0. The Kier molecular flexibility index (Phi) is 4.66. The molecule has 0 aromatic heterocycles. The molecule has 1 aliphatic carbocycles. The fourth-order valence-corrected chi connectivity index (χ4v) is 2.48. The second-order valence-corrected chi connectivity index (χ2v) is 5.85. The minimum atomic E-state index is -0.423. The minimum absolute atomic E-state index is 0.158. The van der Waals surface area contributed by atoms with Crippen molar-refractivity contribution >= 4 is 17.7 Å². The van der Waals surface area contributed by atoms with E-state index < -0.39 is 6.10 Å². The molecular formula is C14H19NO2S. The van der Waals surface area contributed by atoms with Crippen LogP contribution in [0.15, 0.2) is 29.2 Å². The molecule has 1 unspecified atom stereocenters. The quantitative estimate of drug-likeness (QED) is 0.777. The highest BCUT2D eigenvalue weighted by atomic mass is 32.2. The Morgan fingerprint density at radius 1 is 1.44 bits per heavy atom. The first kappa shape index (κ1) is 13.4. The van der Waals surface area contributed by atoms with E-state index in [4.69, 9.17) is 0 Å². The van der Waals surface area contributed by atoms with Crippen LogP contribution in [0.4, 0.5) is 0 Å². The summed E-state index contributed by atoms with van der Waals surface area (Å²) in [6, 6.07) is 8.29. The number of carbonyl (C=O) groups is 1. The summed E-state index contributed by atoms with van der Waals surface area (Å²) in [5, 5.41) is 12.4. The maximum Gasteiger partial charge on any atom is 0.221 e. The SMILES string of the molecule is CC(O)c1ccc(SCCC(=O)NC2CC2)cc1. The molecule has 1 saturated carbocycles. The van der Waals surface area contributed by atoms with Crippen LogP contribution < -0.4 is 5.32 Å². The van der Waals surface area contributed by atoms with Crippen LogP contribution in [0, 0.1) is 0 Å². The molecule has 0 spiro atoms. The summed E-state index contributed by atoms with van der Waals surface area (Å²) in [5.74, 6) is 0.956. The molecule has 1 aromatic rings. The number of rotatable bonds is 6. The average Bonchev–Trinajstić information content (AvgIpc) is 3.13. The predicted molar refractivity (Wildman–Crippen MR) is 73.6 cm³/mol. The smallest absolute Gasteiger partial charge is 0.221 e. The van der Waals surface area contributed by atoms with Gasteiger partial charge in [0, 0.05) is 23.1 Å². The number of benzene rings is 1. The second kappa shape index (κ2) is 6.25. The van der Waals surface area contributed by atoms with Gasteiger partial charge in [-0.1, -0.05) is 12.1 Å². The van der Waals surface area contributed by atoms with Crippen molar-refractivity contribution in [2.45, 2.75) is 43.2 Å². The van der Waals surface area contributed by atoms with Crippen molar-refractivity contribution in [3.8, 4) is 0 Å². The van der Waals surface area contributed by atoms with Crippen LogP contribution in [-0.2, 0) is 4.79 Å². The van der Waals surface area contributed by atoms with Crippen LogP contribution in [-0.4, -0.2) is 22.8 Å². The minimum Gasteiger partial charge on any atom is -0.389 e. The molecule has 18 heavy (non-hydrogen) atoms. The monoisotopic (exact) mass is 265 g/mol. The van der Waals surface area contributed by atoms with Crippen LogP contribution in [0.5, 0.6) is 0 Å². The largest absolute Gasteiger partial charge is 0.389 e. The fraction of sp³-hybridized carbons (Fsp3) is 0.500. The van der Waals surface area contributed by atoms with Gasteiger partial charge in [-0.2, -0.15) is 0 Å². The Hall–Kier alpha value is -1.00. The number of thioether (sulfide) groups is 1. The number of aliphatic hydroxyl groups is 1. The third-order valence-electron chi connectivity index (χ3n) is 2.90. The molecule has 0 heterocycles. The van der Waals surface area contributed by atoms with Crippen LogP contribution in [0.25, 0.3) is 0 Å². The normalized spacial score (nSPS) is 16.3. The zero-order valence-corrected chi connectivity index (χ0v) is 11.4. The second-order valence-electron chi connectivity index (χ2n) is 4.69. The van der Waals surface area contributed by atoms with E-state index >= 15 is 0 Å². The maximum absolute atomic E-state index is 11.5. The molecule has 1 aliphatic rings. The van der Waals surface area contributed by atoms with Crippen molar-refractivity contribution in [1.29, 1.82) is 0 Å². The molecular weight excluding hydrogens is 246 g/mol. The van der Waals surface area contributed by atoms with Gasteiger partial charge < -0.3 is 10.4 Å². The molecule has 1 atom stereocenters. The van der Waals surface area contributed by atoms with Crippen molar-refractivity contribution in [2.75, 3.05) is 5.75 Å². The molecule has 3 nitrogen and oxygen atoms in total. The van der Waals surface area contributed by atoms with Crippen molar-refractivity contribution in [2.24, 2.45) is 0 Å². The molecule has 1 fully saturated rings. The topological polar surface area (TPSA) is 49.3 Å². The Bertz CT molecular complexity index is 399. The number of carbonyl (C=O) groups excluding carboxylic acids is 1. The molecule has 0 aliphatic heterocycles. The summed E-state index contributed by atoms with van der Waals surface area (Å²) in [6.45, 7) is 1.75. The lowest BCUT2D eigenvalue weighted by molar-refractivity contribution is -0.120. The highest BCUT2D eigenvalue weighted by molar-refractivity contribution is 7.99. The Balaban J connectivity index is 1.70. The van der Waals surface area contributed by atoms with Crippen molar-refractivity contribution < 1.29 is 9.90 Å². The van der Waals surface area contributed by atoms with Gasteiger partial charge >= 0.3 is 0 Å². The van der Waals surface area contributed by atoms with Crippen LogP contribution in [0.1, 0.15) is 37.9 Å². The Morgan fingerprint density at radius 3 is 2.67 bits per heavy atom. The molecule has 0 bridgehead atoms. The Labute approximate surface area is 112 Å². The van der Waals surface area contributed by atoms with E-state index in [-0.39, 0.29) is 5.91 Å². The zero-order chi connectivity index (χ0) is 13.0. The molecule has 0 radical (unpaired) electrons. The summed E-state index contributed by atoms with van der Waals surface area (Å²) < 4.78 is 0. The van der Waals surface area contributed by atoms with Gasteiger partial charge in [0.15, 0.2) is 0 Å². The van der Waals surface area contributed by atoms with E-state index in [0.717, 1.165) is 29.1 Å². The summed E-state index contributed by atoms with van der Waals surface area (Å²) >= 11 is 1.67. The van der Waals surface area contributed by atoms with Crippen molar-refractivity contribution in [3.63, 3.8) is 0 Å². The van der Waals surface area contributed by atoms with Gasteiger partial charge in [0.2, 0.25) is 5.91 Å². The lowest BCUT2D eigenvalue weighted by atomic mass is 10.1. The van der Waals surface area contributed by atoms with Crippen molar-refractivity contribution in [1.82, 2.24) is 5.32 Å². The van der Waals surface area contributed by atoms with Crippen LogP contribution in [0.2, 0.25) is 0 Å². The van der Waals surface area contributed by atoms with Gasteiger partial charge in [-0.15, -0.1) is 11.8 Å². The Morgan fingerprint density at radius 2 is 2.11 bits per heavy atom. The molecule has 2 rings (SSSR count). The maximum atomic E-state index is 11.5. The third kappa shape index (κ3) is 4.35. The first-order valence-corrected chi connectivity index (χ1v) is 7.34. The lowest BCUT2D eigenvalue weighted by Crippen LogP contribution is -2.25. The van der Waals surface area contributed by atoms with E-state index in [1.165, 1.54) is 0 Å². The van der Waals surface area contributed by atoms with Crippen molar-refractivity contribution in [3.05, 3.63) is 29.8 Å². The molecule has 0 saturated heterocycles. The molecule has 1 aromatic carbocycles. The molecule has 2 N–H and O–H groups in total. The average molecular weight is 265 g/mol. The summed E-state index contributed by atoms with van der Waals surface area (Å²) in [6.07, 6.45) is 2.42. The van der Waals surface area contributed by atoms with Gasteiger partial charge in [0.25, 0.3) is 0 Å². The number of hydrogen-bond acceptors (Lipinski definition) is 3. The molecule has 4 heteroatoms. The first-order chi connectivity index (χ1) is 8.65. The molecule has 1 amide bonds. The highest BCUT2D eigenvalue weighted by Gasteiger charge is 2.22. The summed E-state index contributed by atoms with van der Waals surface area (Å²) in [5.41, 5.74) is 0.922. The fourth-order valence-electron chi connectivity index (χ4n) is 1.63. The van der Waals surface area contributed by atoms with Gasteiger partial charge in [0.05, 0.1) is 6.10 Å². The van der Waals surface area contributed by atoms with E-state index in [0.29, 0.717) is 12.5 Å². The van der Waals surface area contributed by atoms with E-state index in [2.05, 4.69) is 5.32 Å². The lowest BCUT2D eigenvalue weighted by Gasteiger charge is -2.06. The first-order valence-electron chi connectivity index (χ1n) is 6.35. The molecule has 98 valence electrons. The summed E-state index contributed by atoms with van der Waals surface area (Å²) in [4.78, 5) is 12.6. The van der Waals surface area contributed by atoms with Gasteiger partial charge in [-0.3, -0.25) is 4.79 Å². The zero-order valence-electron chi connectivity index (χ0n) is 10.6. The number of nitrogens with one attached hydrogen (secondary N) is 1. The van der Waals surface area contributed by atoms with E-state index in [1.54, 1.807) is 18.7 Å². The van der Waals surface area contributed by atoms with Gasteiger partial charge in [-0.05, 0) is 37.5 Å². The number of hydrogen-bond donors (Lipinski definition) is 2. The third-order valence-corrected chi connectivity index (χ3v) is 3.92. The highest BCUT2D eigenvalue weighted by Crippen LogP contribution is 2.22. The van der Waals surface area contributed by atoms with Gasteiger partial charge in [0.1, 0.15) is 0 Å². The van der Waals surface area contributed by atoms with Crippen LogP contribution >= 0.6 is 11.8 Å². The van der Waals surface area contributed by atoms with E-state index in [1.807, 2.05) is 24.3 Å². The van der Waals surface area contributed by atoms with Crippen LogP contribution in [0.3, 0.4) is 0 Å². The van der Waals surface area contributed by atoms with E-state index in [9.17, 15) is 9.90 Å². The number of aliphatic hydroxyl groups excluding tert-OH is 1. The van der Waals surface area contributed by atoms with Gasteiger partial charge in [-0.25, -0.2) is 0 Å². The standard InChI is InChI=1S/C14H19NO2S/c1-10(16)11-2-6-13(7-3-11)18-9-8-14(17)15-12-4-5-12/h2-3,6-7,10,12,16H,4-5,8-9H2,1H3,(H,15,17). The predicted octanol–water partition coefficient (Wildman–Crippen LogP) is 2.50.